The van der Waals surface area contributed by atoms with Gasteiger partial charge in [-0.3, -0.25) is 4.79 Å². The summed E-state index contributed by atoms with van der Waals surface area (Å²) in [7, 11) is 0. The molecular formula is C21H24N6O2. The first-order chi connectivity index (χ1) is 13.8. The Morgan fingerprint density at radius 3 is 2.59 bits per heavy atom. The predicted molar refractivity (Wildman–Crippen MR) is 110 cm³/mol. The molecule has 0 aliphatic carbocycles. The van der Waals surface area contributed by atoms with Gasteiger partial charge in [-0.1, -0.05) is 45.0 Å². The lowest BCUT2D eigenvalue weighted by Gasteiger charge is -2.19. The lowest BCUT2D eigenvalue weighted by molar-refractivity contribution is -0.123. The van der Waals surface area contributed by atoms with E-state index in [1.54, 1.807) is 4.68 Å². The normalized spacial score (nSPS) is 11.9. The summed E-state index contributed by atoms with van der Waals surface area (Å²) in [6.45, 7) is 8.14. The van der Waals surface area contributed by atoms with Crippen molar-refractivity contribution in [3.05, 3.63) is 66.0 Å². The molecule has 8 heteroatoms. The molecule has 8 nitrogen and oxygen atoms in total. The Balaban J connectivity index is 1.56. The number of rotatable bonds is 6. The topological polar surface area (TPSA) is 94.3 Å². The number of nitrogens with zero attached hydrogens (tertiary/aromatic N) is 5. The molecule has 1 aromatic heterocycles. The Kier molecular flexibility index (Phi) is 6.01. The van der Waals surface area contributed by atoms with Crippen LogP contribution in [0, 0.1) is 0 Å². The summed E-state index contributed by atoms with van der Waals surface area (Å²) in [5, 5.41) is 15.3. The van der Waals surface area contributed by atoms with Crippen LogP contribution in [-0.4, -0.2) is 38.4 Å². The Bertz CT molecular complexity index is 989. The van der Waals surface area contributed by atoms with Gasteiger partial charge in [0.25, 0.3) is 5.91 Å². The van der Waals surface area contributed by atoms with E-state index in [9.17, 15) is 4.79 Å². The first-order valence-electron chi connectivity index (χ1n) is 9.23. The Morgan fingerprint density at radius 2 is 1.93 bits per heavy atom. The number of nitrogens with one attached hydrogen (secondary N) is 1. The summed E-state index contributed by atoms with van der Waals surface area (Å²) >= 11 is 0. The van der Waals surface area contributed by atoms with E-state index in [1.807, 2.05) is 55.5 Å². The van der Waals surface area contributed by atoms with Crippen LogP contribution in [0.5, 0.6) is 5.75 Å². The van der Waals surface area contributed by atoms with Crippen LogP contribution in [0.1, 0.15) is 38.8 Å². The summed E-state index contributed by atoms with van der Waals surface area (Å²) in [5.74, 6) is 0.309. The third kappa shape index (κ3) is 5.47. The van der Waals surface area contributed by atoms with E-state index in [0.717, 1.165) is 11.3 Å². The number of ether oxygens (including phenoxy) is 1. The van der Waals surface area contributed by atoms with Gasteiger partial charge < -0.3 is 4.74 Å². The molecule has 3 rings (SSSR count). The Hall–Kier alpha value is -3.55. The maximum absolute atomic E-state index is 12.1. The summed E-state index contributed by atoms with van der Waals surface area (Å²) in [5.41, 5.74) is 6.10. The lowest BCUT2D eigenvalue weighted by Crippen LogP contribution is -2.25. The fraction of sp³-hybridized carbons (Fsp3) is 0.286. The minimum atomic E-state index is -0.333. The van der Waals surface area contributed by atoms with Crippen molar-refractivity contribution in [2.24, 2.45) is 5.10 Å². The molecule has 1 N–H and O–H groups in total. The van der Waals surface area contributed by atoms with Crippen LogP contribution in [0.15, 0.2) is 60.0 Å². The third-order valence-electron chi connectivity index (χ3n) is 4.32. The first-order valence-corrected chi connectivity index (χ1v) is 9.23. The molecular weight excluding hydrogens is 368 g/mol. The van der Waals surface area contributed by atoms with Gasteiger partial charge in [-0.2, -0.15) is 5.10 Å². The van der Waals surface area contributed by atoms with Gasteiger partial charge in [-0.15, -0.1) is 5.10 Å². The minimum Gasteiger partial charge on any atom is -0.484 e. The zero-order valence-corrected chi connectivity index (χ0v) is 17.0. The Labute approximate surface area is 169 Å². The summed E-state index contributed by atoms with van der Waals surface area (Å²) in [4.78, 5) is 12.1. The van der Waals surface area contributed by atoms with E-state index in [0.29, 0.717) is 11.5 Å². The van der Waals surface area contributed by atoms with Crippen LogP contribution < -0.4 is 10.2 Å². The van der Waals surface area contributed by atoms with Gasteiger partial charge in [-0.05, 0) is 58.2 Å². The zero-order chi connectivity index (χ0) is 20.9. The highest BCUT2D eigenvalue weighted by Gasteiger charge is 2.13. The van der Waals surface area contributed by atoms with Gasteiger partial charge >= 0.3 is 0 Å². The molecule has 29 heavy (non-hydrogen) atoms. The van der Waals surface area contributed by atoms with Crippen molar-refractivity contribution in [3.63, 3.8) is 0 Å². The van der Waals surface area contributed by atoms with Crippen molar-refractivity contribution in [2.75, 3.05) is 6.61 Å². The van der Waals surface area contributed by atoms with E-state index in [-0.39, 0.29) is 17.9 Å². The second-order valence-electron chi connectivity index (χ2n) is 7.60. The maximum atomic E-state index is 12.1. The number of carbonyl (C=O) groups excluding carboxylic acids is 1. The number of aromatic nitrogens is 4. The monoisotopic (exact) mass is 392 g/mol. The van der Waals surface area contributed by atoms with Crippen molar-refractivity contribution < 1.29 is 9.53 Å². The fourth-order valence-corrected chi connectivity index (χ4v) is 2.60. The van der Waals surface area contributed by atoms with Gasteiger partial charge in [0, 0.05) is 0 Å². The van der Waals surface area contributed by atoms with Gasteiger partial charge in [-0.25, -0.2) is 10.1 Å². The van der Waals surface area contributed by atoms with Gasteiger partial charge in [0.15, 0.2) is 6.61 Å². The SMILES string of the molecule is C/C(=N/NC(=O)COc1ccc(C(C)(C)C)cc1)c1cccc(-n2cnnn2)c1. The number of benzene rings is 2. The average molecular weight is 392 g/mol. The molecule has 1 heterocycles. The van der Waals surface area contributed by atoms with E-state index in [4.69, 9.17) is 4.74 Å². The van der Waals surface area contributed by atoms with Crippen LogP contribution in [0.4, 0.5) is 0 Å². The van der Waals surface area contributed by atoms with E-state index < -0.39 is 0 Å². The highest BCUT2D eigenvalue weighted by atomic mass is 16.5. The molecule has 0 radical (unpaired) electrons. The number of hydrazone groups is 1. The van der Waals surface area contributed by atoms with Crippen molar-refractivity contribution in [2.45, 2.75) is 33.1 Å². The largest absolute Gasteiger partial charge is 0.484 e. The molecule has 1 amide bonds. The van der Waals surface area contributed by atoms with Crippen LogP contribution in [0.2, 0.25) is 0 Å². The van der Waals surface area contributed by atoms with Crippen molar-refractivity contribution in [1.82, 2.24) is 25.6 Å². The van der Waals surface area contributed by atoms with Crippen molar-refractivity contribution in [3.8, 4) is 11.4 Å². The molecule has 2 aromatic carbocycles. The lowest BCUT2D eigenvalue weighted by atomic mass is 9.87. The second-order valence-corrected chi connectivity index (χ2v) is 7.60. The van der Waals surface area contributed by atoms with E-state index >= 15 is 0 Å². The standard InChI is InChI=1S/C21H24N6O2/c1-15(16-6-5-7-18(12-16)27-14-22-25-26-27)23-24-20(28)13-29-19-10-8-17(9-11-19)21(2,3)4/h5-12,14H,13H2,1-4H3,(H,24,28)/b23-15-. The van der Waals surface area contributed by atoms with Crippen molar-refractivity contribution >= 4 is 11.6 Å². The number of hydrogen-bond acceptors (Lipinski definition) is 6. The Morgan fingerprint density at radius 1 is 1.17 bits per heavy atom. The molecule has 0 unspecified atom stereocenters. The molecule has 0 atom stereocenters. The number of amides is 1. The molecule has 0 saturated carbocycles. The molecule has 150 valence electrons. The summed E-state index contributed by atoms with van der Waals surface area (Å²) < 4.78 is 7.08. The summed E-state index contributed by atoms with van der Waals surface area (Å²) in [6, 6.07) is 15.3. The first kappa shape index (κ1) is 20.2. The molecule has 0 spiro atoms. The van der Waals surface area contributed by atoms with Crippen LogP contribution in [-0.2, 0) is 10.2 Å². The van der Waals surface area contributed by atoms with Crippen LogP contribution >= 0.6 is 0 Å². The van der Waals surface area contributed by atoms with E-state index in [1.165, 1.54) is 11.9 Å². The number of tetrazole rings is 1. The quantitative estimate of drug-likeness (QED) is 0.514. The van der Waals surface area contributed by atoms with E-state index in [2.05, 4.69) is 46.8 Å². The average Bonchev–Trinajstić information content (AvgIpc) is 3.25. The van der Waals surface area contributed by atoms with Gasteiger partial charge in [0.1, 0.15) is 12.1 Å². The number of carbonyl (C=O) groups is 1. The fourth-order valence-electron chi connectivity index (χ4n) is 2.60. The van der Waals surface area contributed by atoms with Crippen LogP contribution in [0.25, 0.3) is 5.69 Å². The molecule has 0 aliphatic heterocycles. The molecule has 0 aliphatic rings. The smallest absolute Gasteiger partial charge is 0.277 e. The molecule has 0 bridgehead atoms. The second kappa shape index (κ2) is 8.64. The van der Waals surface area contributed by atoms with Crippen LogP contribution in [0.3, 0.4) is 0 Å². The molecule has 0 fully saturated rings. The minimum absolute atomic E-state index is 0.0733. The van der Waals surface area contributed by atoms with Gasteiger partial charge in [0.05, 0.1) is 11.4 Å². The maximum Gasteiger partial charge on any atom is 0.277 e. The van der Waals surface area contributed by atoms with Gasteiger partial charge in [0.2, 0.25) is 0 Å². The highest BCUT2D eigenvalue weighted by Crippen LogP contribution is 2.24. The molecule has 0 saturated heterocycles. The summed E-state index contributed by atoms with van der Waals surface area (Å²) in [6.07, 6.45) is 1.51. The van der Waals surface area contributed by atoms with Crippen molar-refractivity contribution in [1.29, 1.82) is 0 Å². The highest BCUT2D eigenvalue weighted by molar-refractivity contribution is 5.99. The molecule has 3 aromatic rings. The third-order valence-corrected chi connectivity index (χ3v) is 4.32. The zero-order valence-electron chi connectivity index (χ0n) is 17.0. The predicted octanol–water partition coefficient (Wildman–Crippen LogP) is 2.88. The number of hydrogen-bond donors (Lipinski definition) is 1.